The highest BCUT2D eigenvalue weighted by Crippen LogP contribution is 2.63. The molecule has 0 amide bonds. The molecule has 10 rings (SSSR count). The van der Waals surface area contributed by atoms with Crippen molar-refractivity contribution in [1.82, 2.24) is 0 Å². The lowest BCUT2D eigenvalue weighted by Gasteiger charge is -2.32. The Hall–Kier alpha value is -5.44. The summed E-state index contributed by atoms with van der Waals surface area (Å²) in [5, 5.41) is 0. The van der Waals surface area contributed by atoms with Crippen LogP contribution in [-0.4, -0.2) is 12.1 Å². The van der Waals surface area contributed by atoms with E-state index in [2.05, 4.69) is 189 Å². The van der Waals surface area contributed by atoms with Crippen molar-refractivity contribution in [2.45, 2.75) is 29.6 Å². The van der Waals surface area contributed by atoms with Crippen LogP contribution in [0, 0.1) is 0 Å². The van der Waals surface area contributed by atoms with Gasteiger partial charge in [0.1, 0.15) is 0 Å². The maximum Gasteiger partial charge on any atom is 0.0726 e. The van der Waals surface area contributed by atoms with Gasteiger partial charge in [-0.1, -0.05) is 129 Å². The molecule has 240 valence electrons. The van der Waals surface area contributed by atoms with Crippen LogP contribution in [0.1, 0.15) is 47.2 Å². The van der Waals surface area contributed by atoms with E-state index in [4.69, 9.17) is 0 Å². The number of rotatable bonds is 4. The van der Waals surface area contributed by atoms with E-state index in [9.17, 15) is 0 Å². The van der Waals surface area contributed by atoms with Gasteiger partial charge in [0.25, 0.3) is 0 Å². The largest absolute Gasteiger partial charge is 0.310 e. The Labute approximate surface area is 297 Å². The SMILES string of the molecule is C=S(C)c1ccc(N(c2ccc3c(c2)C(C)(C)c2ccccc2-3)c2ccc3c(c2)C2(c4ccccc4-c4ccccc42)c2ccccc2-3)cc1. The predicted octanol–water partition coefficient (Wildman–Crippen LogP) is 12.5. The zero-order chi connectivity index (χ0) is 33.8. The van der Waals surface area contributed by atoms with Crippen LogP contribution in [0.15, 0.2) is 163 Å². The van der Waals surface area contributed by atoms with Gasteiger partial charge in [0.05, 0.1) is 5.41 Å². The number of fused-ring (bicyclic) bond motifs is 13. The molecule has 7 aromatic carbocycles. The Morgan fingerprint density at radius 3 is 1.30 bits per heavy atom. The molecule has 1 unspecified atom stereocenters. The molecule has 0 N–H and O–H groups in total. The van der Waals surface area contributed by atoms with Crippen LogP contribution in [0.25, 0.3) is 33.4 Å². The van der Waals surface area contributed by atoms with Gasteiger partial charge in [-0.3, -0.25) is 0 Å². The van der Waals surface area contributed by atoms with Gasteiger partial charge in [0.2, 0.25) is 0 Å². The van der Waals surface area contributed by atoms with Crippen molar-refractivity contribution in [1.29, 1.82) is 0 Å². The summed E-state index contributed by atoms with van der Waals surface area (Å²) >= 11 is 0. The first kappa shape index (κ1) is 29.5. The van der Waals surface area contributed by atoms with Crippen LogP contribution in [0.4, 0.5) is 17.1 Å². The number of hydrogen-bond acceptors (Lipinski definition) is 1. The van der Waals surface area contributed by atoms with Crippen molar-refractivity contribution in [3.8, 4) is 33.4 Å². The molecule has 0 radical (unpaired) electrons. The fourth-order valence-electron chi connectivity index (χ4n) is 9.33. The average Bonchev–Trinajstić information content (AvgIpc) is 3.71. The second-order valence-corrected chi connectivity index (χ2v) is 16.2. The van der Waals surface area contributed by atoms with Gasteiger partial charge in [-0.15, -0.1) is 0 Å². The molecule has 1 spiro atoms. The molecule has 3 aliphatic rings. The molecule has 2 heteroatoms. The fraction of sp³-hybridized carbons (Fsp3) is 0.104. The normalized spacial score (nSPS) is 15.4. The van der Waals surface area contributed by atoms with Crippen molar-refractivity contribution in [3.63, 3.8) is 0 Å². The van der Waals surface area contributed by atoms with Gasteiger partial charge in [-0.2, -0.15) is 10.5 Å². The summed E-state index contributed by atoms with van der Waals surface area (Å²) in [7, 11) is -0.0618. The lowest BCUT2D eigenvalue weighted by atomic mass is 9.70. The Morgan fingerprint density at radius 2 is 0.800 bits per heavy atom. The molecule has 7 aromatic rings. The molecule has 0 aromatic heterocycles. The van der Waals surface area contributed by atoms with Crippen LogP contribution < -0.4 is 4.90 Å². The van der Waals surface area contributed by atoms with Crippen molar-refractivity contribution in [2.24, 2.45) is 0 Å². The minimum atomic E-state index is -0.392. The smallest absolute Gasteiger partial charge is 0.0726 e. The summed E-state index contributed by atoms with van der Waals surface area (Å²) in [6, 6.07) is 59.4. The van der Waals surface area contributed by atoms with Gasteiger partial charge in [-0.25, -0.2) is 0 Å². The number of anilines is 3. The van der Waals surface area contributed by atoms with E-state index >= 15 is 0 Å². The second kappa shape index (κ2) is 10.5. The van der Waals surface area contributed by atoms with Crippen molar-refractivity contribution < 1.29 is 0 Å². The van der Waals surface area contributed by atoms with Gasteiger partial charge >= 0.3 is 0 Å². The third kappa shape index (κ3) is 3.83. The summed E-state index contributed by atoms with van der Waals surface area (Å²) in [6.45, 7) is 4.73. The summed E-state index contributed by atoms with van der Waals surface area (Å²) in [5.74, 6) is 4.33. The van der Waals surface area contributed by atoms with E-state index in [1.807, 2.05) is 0 Å². The zero-order valence-electron chi connectivity index (χ0n) is 28.6. The molecule has 50 heavy (non-hydrogen) atoms. The maximum absolute atomic E-state index is 4.33. The molecule has 0 bridgehead atoms. The van der Waals surface area contributed by atoms with Crippen molar-refractivity contribution in [2.75, 3.05) is 11.2 Å². The predicted molar refractivity (Wildman–Crippen MR) is 214 cm³/mol. The zero-order valence-corrected chi connectivity index (χ0v) is 29.4. The minimum absolute atomic E-state index is 0.0618. The average molecular weight is 660 g/mol. The highest BCUT2D eigenvalue weighted by Gasteiger charge is 2.51. The highest BCUT2D eigenvalue weighted by molar-refractivity contribution is 8.13. The van der Waals surface area contributed by atoms with Crippen LogP contribution >= 0.6 is 10.5 Å². The molecule has 3 aliphatic carbocycles. The van der Waals surface area contributed by atoms with E-state index in [1.54, 1.807) is 0 Å². The van der Waals surface area contributed by atoms with Gasteiger partial charge in [0, 0.05) is 27.4 Å². The van der Waals surface area contributed by atoms with E-state index in [0.717, 1.165) is 11.4 Å². The number of nitrogens with zero attached hydrogens (tertiary/aromatic N) is 1. The third-order valence-corrected chi connectivity index (χ3v) is 12.6. The van der Waals surface area contributed by atoms with E-state index < -0.39 is 5.41 Å². The quantitative estimate of drug-likeness (QED) is 0.170. The molecule has 0 aliphatic heterocycles. The van der Waals surface area contributed by atoms with Crippen LogP contribution in [-0.2, 0) is 10.8 Å². The number of hydrogen-bond donors (Lipinski definition) is 0. The topological polar surface area (TPSA) is 3.24 Å². The molecule has 0 saturated heterocycles. The summed E-state index contributed by atoms with van der Waals surface area (Å²) in [5.41, 5.74) is 19.1. The second-order valence-electron chi connectivity index (χ2n) is 14.5. The Bertz CT molecular complexity index is 2490. The first-order valence-corrected chi connectivity index (χ1v) is 19.2. The monoisotopic (exact) mass is 659 g/mol. The molecular weight excluding hydrogens is 623 g/mol. The van der Waals surface area contributed by atoms with Gasteiger partial charge < -0.3 is 4.90 Å². The minimum Gasteiger partial charge on any atom is -0.310 e. The number of benzene rings is 7. The Morgan fingerprint density at radius 1 is 0.420 bits per heavy atom. The fourth-order valence-corrected chi connectivity index (χ4v) is 9.93. The van der Waals surface area contributed by atoms with Crippen molar-refractivity contribution >= 4 is 33.4 Å². The Kier molecular flexibility index (Phi) is 6.21. The first-order valence-electron chi connectivity index (χ1n) is 17.4. The summed E-state index contributed by atoms with van der Waals surface area (Å²) < 4.78 is 0. The first-order chi connectivity index (χ1) is 24.4. The van der Waals surface area contributed by atoms with Gasteiger partial charge in [0.15, 0.2) is 0 Å². The standard InChI is InChI=1S/C48H37NS/c1-47(2)41-17-9-5-13-35(41)39-27-23-32(29-45(39)47)49(31-21-25-34(26-22-31)50(3)4)33-24-28-40-38-16-8-12-20-44(38)48(46(40)30-33)42-18-10-6-14-36(42)37-15-7-11-19-43(37)48/h5-30H,3H2,1-2,4H3. The van der Waals surface area contributed by atoms with E-state index in [-0.39, 0.29) is 15.9 Å². The Balaban J connectivity index is 1.23. The van der Waals surface area contributed by atoms with Crippen molar-refractivity contribution in [3.05, 3.63) is 191 Å². The summed E-state index contributed by atoms with van der Waals surface area (Å²) in [4.78, 5) is 3.73. The molecule has 0 saturated carbocycles. The maximum atomic E-state index is 4.33. The molecular formula is C48H37NS. The molecule has 0 heterocycles. The molecule has 1 nitrogen and oxygen atoms in total. The van der Waals surface area contributed by atoms with Gasteiger partial charge in [-0.05, 0) is 122 Å². The highest BCUT2D eigenvalue weighted by atomic mass is 32.2. The van der Waals surface area contributed by atoms with E-state index in [1.165, 1.54) is 77.3 Å². The van der Waals surface area contributed by atoms with Crippen LogP contribution in [0.2, 0.25) is 0 Å². The van der Waals surface area contributed by atoms with Crippen LogP contribution in [0.3, 0.4) is 0 Å². The third-order valence-electron chi connectivity index (χ3n) is 11.6. The van der Waals surface area contributed by atoms with E-state index in [0.29, 0.717) is 0 Å². The summed E-state index contributed by atoms with van der Waals surface area (Å²) in [6.07, 6.45) is 2.18. The molecule has 1 atom stereocenters. The lowest BCUT2D eigenvalue weighted by molar-refractivity contribution is 0.660. The molecule has 0 fully saturated rings. The lowest BCUT2D eigenvalue weighted by Crippen LogP contribution is -2.26. The van der Waals surface area contributed by atoms with Crippen LogP contribution in [0.5, 0.6) is 0 Å².